The van der Waals surface area contributed by atoms with Crippen LogP contribution in [0.25, 0.3) is 0 Å². The zero-order valence-corrected chi connectivity index (χ0v) is 24.4. The molecule has 0 bridgehead atoms. The maximum atomic E-state index is 13.9. The van der Waals surface area contributed by atoms with Gasteiger partial charge in [-0.25, -0.2) is 4.79 Å². The fourth-order valence-electron chi connectivity index (χ4n) is 5.50. The number of aromatic nitrogens is 4. The number of aryl methyl sites for hydroxylation is 1. The van der Waals surface area contributed by atoms with Crippen LogP contribution < -0.4 is 4.90 Å². The molecule has 0 aliphatic carbocycles. The van der Waals surface area contributed by atoms with Crippen LogP contribution in [0.4, 0.5) is 50.3 Å². The van der Waals surface area contributed by atoms with E-state index in [0.29, 0.717) is 50.0 Å². The Balaban J connectivity index is 1.76. The smallest absolute Gasteiger partial charge is 0.450 e. The number of halogens is 9. The predicted molar refractivity (Wildman–Crippen MR) is 143 cm³/mol. The lowest BCUT2D eigenvalue weighted by Gasteiger charge is -2.38. The van der Waals surface area contributed by atoms with Crippen LogP contribution in [0.5, 0.6) is 0 Å². The first-order valence-corrected chi connectivity index (χ1v) is 14.0. The van der Waals surface area contributed by atoms with Gasteiger partial charge >= 0.3 is 24.7 Å². The summed E-state index contributed by atoms with van der Waals surface area (Å²) >= 11 is 0. The van der Waals surface area contributed by atoms with Gasteiger partial charge in [-0.1, -0.05) is 18.1 Å². The fourth-order valence-corrected chi connectivity index (χ4v) is 5.50. The molecule has 1 aliphatic rings. The second kappa shape index (κ2) is 13.3. The first-order valence-electron chi connectivity index (χ1n) is 14.0. The summed E-state index contributed by atoms with van der Waals surface area (Å²) in [5, 5.41) is 20.4. The highest BCUT2D eigenvalue weighted by Gasteiger charge is 2.38. The van der Waals surface area contributed by atoms with Crippen molar-refractivity contribution in [3.8, 4) is 0 Å². The molecule has 1 N–H and O–H groups in total. The minimum atomic E-state index is -5.11. The highest BCUT2D eigenvalue weighted by atomic mass is 19.4. The van der Waals surface area contributed by atoms with Crippen molar-refractivity contribution in [2.45, 2.75) is 70.0 Å². The molecule has 0 unspecified atom stereocenters. The third kappa shape index (κ3) is 8.58. The Morgan fingerprint density at radius 2 is 1.52 bits per heavy atom. The molecular formula is C28H29F9N6O3. The number of alkyl halides is 9. The maximum absolute atomic E-state index is 13.9. The Bertz CT molecular complexity index is 1480. The molecule has 0 radical (unpaired) electrons. The average molecular weight is 669 g/mol. The lowest BCUT2D eigenvalue weighted by Crippen LogP contribution is -2.40. The second-order valence-corrected chi connectivity index (χ2v) is 10.8. The topological polar surface area (TPSA) is 96.6 Å². The van der Waals surface area contributed by atoms with Crippen LogP contribution in [0.15, 0.2) is 36.4 Å². The van der Waals surface area contributed by atoms with E-state index in [4.69, 9.17) is 9.84 Å². The van der Waals surface area contributed by atoms with E-state index in [2.05, 4.69) is 15.4 Å². The Morgan fingerprint density at radius 1 is 0.935 bits per heavy atom. The fraction of sp³-hybridized carbons (Fsp3) is 0.500. The van der Waals surface area contributed by atoms with Crippen LogP contribution in [0.1, 0.15) is 65.6 Å². The van der Waals surface area contributed by atoms with Crippen LogP contribution in [0.2, 0.25) is 0 Å². The molecule has 3 aromatic rings. The van der Waals surface area contributed by atoms with Gasteiger partial charge in [-0.15, -0.1) is 5.10 Å². The van der Waals surface area contributed by atoms with Crippen molar-refractivity contribution in [1.82, 2.24) is 25.1 Å². The molecule has 0 saturated carbocycles. The molecule has 0 amide bonds. The van der Waals surface area contributed by atoms with Gasteiger partial charge in [-0.05, 0) is 71.5 Å². The zero-order valence-electron chi connectivity index (χ0n) is 24.4. The number of hydrogen-bond donors (Lipinski definition) is 1. The molecule has 2 aromatic carbocycles. The number of rotatable bonds is 9. The maximum Gasteiger partial charge on any atom is 0.506 e. The number of carbonyl (C=O) groups is 1. The van der Waals surface area contributed by atoms with Crippen molar-refractivity contribution in [1.29, 1.82) is 0 Å². The molecule has 4 rings (SSSR count). The van der Waals surface area contributed by atoms with Crippen LogP contribution in [0, 0.1) is 0 Å². The summed E-state index contributed by atoms with van der Waals surface area (Å²) in [5.41, 5.74) is -4.03. The van der Waals surface area contributed by atoms with E-state index >= 15 is 0 Å². The van der Waals surface area contributed by atoms with Gasteiger partial charge in [-0.3, -0.25) is 4.90 Å². The van der Waals surface area contributed by atoms with E-state index in [1.807, 2.05) is 4.90 Å². The Labute approximate surface area is 256 Å². The van der Waals surface area contributed by atoms with E-state index < -0.39 is 72.2 Å². The third-order valence-corrected chi connectivity index (χ3v) is 7.56. The summed E-state index contributed by atoms with van der Waals surface area (Å²) < 4.78 is 128. The molecule has 46 heavy (non-hydrogen) atoms. The number of anilines is 1. The third-order valence-electron chi connectivity index (χ3n) is 7.56. The molecule has 9 nitrogen and oxygen atoms in total. The summed E-state index contributed by atoms with van der Waals surface area (Å²) in [4.78, 5) is 15.0. The first-order chi connectivity index (χ1) is 21.3. The van der Waals surface area contributed by atoms with E-state index in [9.17, 15) is 44.3 Å². The van der Waals surface area contributed by atoms with E-state index in [0.717, 1.165) is 21.8 Å². The largest absolute Gasteiger partial charge is 0.506 e. The molecular weight excluding hydrogens is 639 g/mol. The van der Waals surface area contributed by atoms with Gasteiger partial charge < -0.3 is 14.7 Å². The lowest BCUT2D eigenvalue weighted by atomic mass is 9.92. The monoisotopic (exact) mass is 668 g/mol. The normalized spacial score (nSPS) is 16.0. The minimum Gasteiger partial charge on any atom is -0.450 e. The van der Waals surface area contributed by atoms with Gasteiger partial charge in [0.1, 0.15) is 6.10 Å². The van der Waals surface area contributed by atoms with E-state index in [1.54, 1.807) is 6.92 Å². The Morgan fingerprint density at radius 3 is 2.00 bits per heavy atom. The summed E-state index contributed by atoms with van der Waals surface area (Å²) in [6.07, 6.45) is -15.9. The summed E-state index contributed by atoms with van der Waals surface area (Å²) in [6.45, 7) is 1.45. The van der Waals surface area contributed by atoms with Crippen LogP contribution in [0.3, 0.4) is 0 Å². The highest BCUT2D eigenvalue weighted by molar-refractivity contribution is 5.57. The number of piperidine rings is 1. The number of carboxylic acid groups (broad SMARTS) is 1. The number of ether oxygens (including phenoxy) is 1. The minimum absolute atomic E-state index is 0.0180. The van der Waals surface area contributed by atoms with Crippen LogP contribution in [-0.2, 0) is 43.4 Å². The standard InChI is InChI=1S/C28H29F9N6O3/c1-3-23(42-8-6-21(7-9-42)46-25(44)45)22-5-4-18(26(29,30)31)12-17(22)15-43(24-38-40-41(2)39-24)14-16-10-19(27(32,33)34)13-20(11-16)28(35,36)37/h4-5,10-13,21,23H,3,6-9,14-15H2,1-2H3,(H,44,45)/t23-/m0/s1. The van der Waals surface area contributed by atoms with E-state index in [1.165, 1.54) is 13.1 Å². The van der Waals surface area contributed by atoms with Crippen LogP contribution in [-0.4, -0.2) is 55.6 Å². The molecule has 1 saturated heterocycles. The SMILES string of the molecule is CC[C@@H](c1ccc(C(F)(F)F)cc1CN(Cc1cc(C(F)(F)F)cc(C(F)(F)F)c1)c1nnn(C)n1)N1CCC(OC(=O)O)CC1. The van der Waals surface area contributed by atoms with Gasteiger partial charge in [0.15, 0.2) is 0 Å². The van der Waals surface area contributed by atoms with Gasteiger partial charge in [-0.2, -0.15) is 44.3 Å². The van der Waals surface area contributed by atoms with Crippen molar-refractivity contribution in [2.24, 2.45) is 7.05 Å². The van der Waals surface area contributed by atoms with E-state index in [-0.39, 0.29) is 17.6 Å². The van der Waals surface area contributed by atoms with Crippen LogP contribution >= 0.6 is 0 Å². The second-order valence-electron chi connectivity index (χ2n) is 10.8. The molecule has 0 spiro atoms. The average Bonchev–Trinajstić information content (AvgIpc) is 3.39. The van der Waals surface area contributed by atoms with Crippen molar-refractivity contribution < 1.29 is 54.2 Å². The van der Waals surface area contributed by atoms with Gasteiger partial charge in [0.05, 0.1) is 23.7 Å². The molecule has 1 aliphatic heterocycles. The first kappa shape index (κ1) is 34.8. The molecule has 1 aromatic heterocycles. The number of tetrazole rings is 1. The number of nitrogens with zero attached hydrogens (tertiary/aromatic N) is 6. The molecule has 252 valence electrons. The molecule has 1 fully saturated rings. The summed E-state index contributed by atoms with van der Waals surface area (Å²) in [6, 6.07) is 3.65. The van der Waals surface area contributed by atoms with Gasteiger partial charge in [0.25, 0.3) is 5.95 Å². The Hall–Kier alpha value is -4.09. The quantitative estimate of drug-likeness (QED) is 0.191. The number of likely N-dealkylation sites (tertiary alicyclic amines) is 1. The van der Waals surface area contributed by atoms with Crippen molar-refractivity contribution >= 4 is 12.1 Å². The summed E-state index contributed by atoms with van der Waals surface area (Å²) in [5.74, 6) is -0.239. The lowest BCUT2D eigenvalue weighted by molar-refractivity contribution is -0.143. The molecule has 18 heteroatoms. The Kier molecular flexibility index (Phi) is 10.1. The number of benzene rings is 2. The van der Waals surface area contributed by atoms with Gasteiger partial charge in [0, 0.05) is 32.2 Å². The molecule has 1 atom stereocenters. The number of hydrogen-bond acceptors (Lipinski definition) is 7. The highest BCUT2D eigenvalue weighted by Crippen LogP contribution is 2.39. The molecule has 2 heterocycles. The zero-order chi connectivity index (χ0) is 34.0. The summed E-state index contributed by atoms with van der Waals surface area (Å²) in [7, 11) is 1.36. The van der Waals surface area contributed by atoms with Crippen molar-refractivity contribution in [3.63, 3.8) is 0 Å². The van der Waals surface area contributed by atoms with Gasteiger partial charge in [0.2, 0.25) is 0 Å². The van der Waals surface area contributed by atoms with Crippen molar-refractivity contribution in [2.75, 3.05) is 18.0 Å². The predicted octanol–water partition coefficient (Wildman–Crippen LogP) is 7.08. The van der Waals surface area contributed by atoms with Crippen molar-refractivity contribution in [3.05, 3.63) is 69.8 Å².